The van der Waals surface area contributed by atoms with E-state index < -0.39 is 0 Å². The van der Waals surface area contributed by atoms with Gasteiger partial charge in [-0.05, 0) is 57.0 Å². The number of aryl methyl sites for hydroxylation is 2. The highest BCUT2D eigenvalue weighted by Crippen LogP contribution is 2.18. The van der Waals surface area contributed by atoms with Gasteiger partial charge in [0.25, 0.3) is 0 Å². The lowest BCUT2D eigenvalue weighted by atomic mass is 10.2. The summed E-state index contributed by atoms with van der Waals surface area (Å²) in [4.78, 5) is 12.1. The first-order valence-corrected chi connectivity index (χ1v) is 6.55. The first kappa shape index (κ1) is 14.1. The number of benzene rings is 1. The minimum Gasteiger partial charge on any atom is -0.399 e. The summed E-state index contributed by atoms with van der Waals surface area (Å²) in [6.07, 6.45) is 0. The number of nitrogens with zero attached hydrogens (tertiary/aromatic N) is 2. The van der Waals surface area contributed by atoms with Crippen LogP contribution in [-0.2, 0) is 11.3 Å². The Morgan fingerprint density at radius 3 is 2.55 bits per heavy atom. The van der Waals surface area contributed by atoms with Crippen molar-refractivity contribution in [1.29, 1.82) is 0 Å². The highest BCUT2D eigenvalue weighted by molar-refractivity contribution is 5.91. The standard InChI is InChI=1S/C15H20N4O/c1-9-7-13(16)5-6-14(9)17-15(20)8-19-12(4)10(2)11(3)18-19/h5-7H,8,16H2,1-4H3,(H,17,20). The number of nitrogens with two attached hydrogens (primary N) is 1. The van der Waals surface area contributed by atoms with E-state index in [1.807, 2.05) is 39.8 Å². The number of carbonyl (C=O) groups is 1. The van der Waals surface area contributed by atoms with Crippen LogP contribution < -0.4 is 11.1 Å². The number of hydrogen-bond donors (Lipinski definition) is 2. The van der Waals surface area contributed by atoms with Crippen LogP contribution in [0.1, 0.15) is 22.5 Å². The quantitative estimate of drug-likeness (QED) is 0.842. The molecule has 1 heterocycles. The fourth-order valence-corrected chi connectivity index (χ4v) is 2.09. The lowest BCUT2D eigenvalue weighted by Crippen LogP contribution is -2.20. The van der Waals surface area contributed by atoms with E-state index in [0.717, 1.165) is 28.2 Å². The van der Waals surface area contributed by atoms with Crippen molar-refractivity contribution in [2.75, 3.05) is 11.1 Å². The minimum atomic E-state index is -0.0940. The van der Waals surface area contributed by atoms with Gasteiger partial charge in [0.15, 0.2) is 0 Å². The van der Waals surface area contributed by atoms with Crippen molar-refractivity contribution in [3.8, 4) is 0 Å². The third-order valence-corrected chi connectivity index (χ3v) is 3.56. The maximum Gasteiger partial charge on any atom is 0.246 e. The van der Waals surface area contributed by atoms with E-state index in [2.05, 4.69) is 10.4 Å². The molecule has 20 heavy (non-hydrogen) atoms. The molecule has 5 heteroatoms. The molecule has 3 N–H and O–H groups in total. The summed E-state index contributed by atoms with van der Waals surface area (Å²) in [5.74, 6) is -0.0940. The average molecular weight is 272 g/mol. The van der Waals surface area contributed by atoms with Gasteiger partial charge in [0.2, 0.25) is 5.91 Å². The van der Waals surface area contributed by atoms with Gasteiger partial charge in [-0.2, -0.15) is 5.10 Å². The summed E-state index contributed by atoms with van der Waals surface area (Å²) < 4.78 is 1.73. The highest BCUT2D eigenvalue weighted by Gasteiger charge is 2.11. The van der Waals surface area contributed by atoms with Crippen molar-refractivity contribution in [2.45, 2.75) is 34.2 Å². The number of amides is 1. The molecule has 0 fully saturated rings. The molecule has 1 aromatic heterocycles. The van der Waals surface area contributed by atoms with Gasteiger partial charge in [0, 0.05) is 17.1 Å². The van der Waals surface area contributed by atoms with Gasteiger partial charge in [-0.3, -0.25) is 9.48 Å². The lowest BCUT2D eigenvalue weighted by Gasteiger charge is -2.10. The zero-order valence-corrected chi connectivity index (χ0v) is 12.3. The maximum atomic E-state index is 12.1. The van der Waals surface area contributed by atoms with Crippen molar-refractivity contribution in [2.24, 2.45) is 0 Å². The van der Waals surface area contributed by atoms with Crippen LogP contribution in [0.3, 0.4) is 0 Å². The smallest absolute Gasteiger partial charge is 0.246 e. The van der Waals surface area contributed by atoms with Crippen LogP contribution in [0.2, 0.25) is 0 Å². The highest BCUT2D eigenvalue weighted by atomic mass is 16.2. The number of anilines is 2. The molecule has 0 saturated carbocycles. The third kappa shape index (κ3) is 2.82. The first-order valence-electron chi connectivity index (χ1n) is 6.55. The topological polar surface area (TPSA) is 72.9 Å². The molecule has 1 amide bonds. The van der Waals surface area contributed by atoms with Crippen LogP contribution in [0, 0.1) is 27.7 Å². The largest absolute Gasteiger partial charge is 0.399 e. The molecule has 0 aliphatic rings. The molecule has 2 aromatic rings. The molecule has 0 aliphatic carbocycles. The molecule has 0 bridgehead atoms. The Hall–Kier alpha value is -2.30. The second-order valence-corrected chi connectivity index (χ2v) is 5.08. The van der Waals surface area contributed by atoms with E-state index in [9.17, 15) is 4.79 Å². The Morgan fingerprint density at radius 2 is 2.00 bits per heavy atom. The first-order chi connectivity index (χ1) is 9.38. The van der Waals surface area contributed by atoms with Gasteiger partial charge in [-0.1, -0.05) is 0 Å². The van der Waals surface area contributed by atoms with Gasteiger partial charge >= 0.3 is 0 Å². The monoisotopic (exact) mass is 272 g/mol. The van der Waals surface area contributed by atoms with Crippen LogP contribution in [0.15, 0.2) is 18.2 Å². The molecule has 0 atom stereocenters. The number of hydrogen-bond acceptors (Lipinski definition) is 3. The lowest BCUT2D eigenvalue weighted by molar-refractivity contribution is -0.116. The molecule has 2 rings (SSSR count). The Balaban J connectivity index is 2.11. The average Bonchev–Trinajstić information content (AvgIpc) is 2.61. The zero-order valence-electron chi connectivity index (χ0n) is 12.3. The Bertz CT molecular complexity index is 658. The second-order valence-electron chi connectivity index (χ2n) is 5.08. The van der Waals surface area contributed by atoms with E-state index in [1.54, 1.807) is 10.7 Å². The van der Waals surface area contributed by atoms with Gasteiger partial charge in [0.05, 0.1) is 5.69 Å². The molecule has 1 aromatic carbocycles. The summed E-state index contributed by atoms with van der Waals surface area (Å²) >= 11 is 0. The Kier molecular flexibility index (Phi) is 3.79. The molecule has 5 nitrogen and oxygen atoms in total. The second kappa shape index (κ2) is 5.36. The van der Waals surface area contributed by atoms with E-state index in [-0.39, 0.29) is 12.5 Å². The minimum absolute atomic E-state index is 0.0940. The summed E-state index contributed by atoms with van der Waals surface area (Å²) in [7, 11) is 0. The van der Waals surface area contributed by atoms with Gasteiger partial charge < -0.3 is 11.1 Å². The van der Waals surface area contributed by atoms with Crippen molar-refractivity contribution >= 4 is 17.3 Å². The van der Waals surface area contributed by atoms with Crippen LogP contribution >= 0.6 is 0 Å². The SMILES string of the molecule is Cc1cc(N)ccc1NC(=O)Cn1nc(C)c(C)c1C. The maximum absolute atomic E-state index is 12.1. The molecule has 0 saturated heterocycles. The summed E-state index contributed by atoms with van der Waals surface area (Å²) in [5, 5.41) is 7.25. The third-order valence-electron chi connectivity index (χ3n) is 3.56. The number of nitrogen functional groups attached to an aromatic ring is 1. The number of carbonyl (C=O) groups excluding carboxylic acids is 1. The number of nitrogens with one attached hydrogen (secondary N) is 1. The fraction of sp³-hybridized carbons (Fsp3) is 0.333. The Labute approximate surface area is 118 Å². The fourth-order valence-electron chi connectivity index (χ4n) is 2.09. The van der Waals surface area contributed by atoms with Crippen LogP contribution in [0.5, 0.6) is 0 Å². The van der Waals surface area contributed by atoms with Crippen molar-refractivity contribution in [3.05, 3.63) is 40.7 Å². The molecule has 0 unspecified atom stereocenters. The van der Waals surface area contributed by atoms with Gasteiger partial charge in [-0.15, -0.1) is 0 Å². The predicted octanol–water partition coefficient (Wildman–Crippen LogP) is 2.34. The molecule has 106 valence electrons. The van der Waals surface area contributed by atoms with E-state index in [1.165, 1.54) is 0 Å². The summed E-state index contributed by atoms with van der Waals surface area (Å²) in [6.45, 7) is 8.05. The molecule has 0 spiro atoms. The number of rotatable bonds is 3. The molecular weight excluding hydrogens is 252 g/mol. The van der Waals surface area contributed by atoms with Crippen molar-refractivity contribution in [3.63, 3.8) is 0 Å². The predicted molar refractivity (Wildman–Crippen MR) is 80.7 cm³/mol. The van der Waals surface area contributed by atoms with Crippen molar-refractivity contribution in [1.82, 2.24) is 9.78 Å². The van der Waals surface area contributed by atoms with Crippen LogP contribution in [0.4, 0.5) is 11.4 Å². The summed E-state index contributed by atoms with van der Waals surface area (Å²) in [6, 6.07) is 5.42. The normalized spacial score (nSPS) is 10.6. The zero-order chi connectivity index (χ0) is 14.9. The Morgan fingerprint density at radius 1 is 1.30 bits per heavy atom. The summed E-state index contributed by atoms with van der Waals surface area (Å²) in [5.41, 5.74) is 11.2. The van der Waals surface area contributed by atoms with E-state index in [0.29, 0.717) is 5.69 Å². The van der Waals surface area contributed by atoms with Crippen LogP contribution in [-0.4, -0.2) is 15.7 Å². The molecular formula is C15H20N4O. The molecule has 0 radical (unpaired) electrons. The molecule has 0 aliphatic heterocycles. The van der Waals surface area contributed by atoms with Gasteiger partial charge in [-0.25, -0.2) is 0 Å². The van der Waals surface area contributed by atoms with E-state index >= 15 is 0 Å². The van der Waals surface area contributed by atoms with Crippen molar-refractivity contribution < 1.29 is 4.79 Å². The number of aromatic nitrogens is 2. The van der Waals surface area contributed by atoms with Crippen LogP contribution in [0.25, 0.3) is 0 Å². The van der Waals surface area contributed by atoms with E-state index in [4.69, 9.17) is 5.73 Å². The van der Waals surface area contributed by atoms with Gasteiger partial charge in [0.1, 0.15) is 6.54 Å².